The molecule has 2 N–H and O–H groups in total. The lowest BCUT2D eigenvalue weighted by atomic mass is 10.0. The van der Waals surface area contributed by atoms with Gasteiger partial charge in [-0.15, -0.1) is 0 Å². The van der Waals surface area contributed by atoms with E-state index in [-0.39, 0.29) is 15.8 Å². The Morgan fingerprint density at radius 2 is 1.81 bits per heavy atom. The molecule has 3 nitrogen and oxygen atoms in total. The molecule has 0 bridgehead atoms. The third kappa shape index (κ3) is 4.99. The summed E-state index contributed by atoms with van der Waals surface area (Å²) < 4.78 is 38.6. The van der Waals surface area contributed by atoms with Crippen molar-refractivity contribution in [1.29, 1.82) is 0 Å². The molecule has 0 atom stereocenters. The maximum Gasteiger partial charge on any atom is 0.416 e. The summed E-state index contributed by atoms with van der Waals surface area (Å²) in [5.74, 6) is 0. The van der Waals surface area contributed by atoms with Crippen LogP contribution < -0.4 is 10.7 Å². The number of benzene rings is 2. The van der Waals surface area contributed by atoms with Crippen LogP contribution in [-0.2, 0) is 12.6 Å². The Kier molecular flexibility index (Phi) is 6.01. The predicted octanol–water partition coefficient (Wildman–Crippen LogP) is 5.78. The monoisotopic (exact) mass is 411 g/mol. The van der Waals surface area contributed by atoms with Crippen molar-refractivity contribution in [2.75, 3.05) is 5.32 Å². The standard InChI is InChI=1S/C19H17ClF3N3S/c20-15-10-9-13(19(21,22)23)11-17(15)24-18(27)26-25-16-8-4-2-6-12-5-1-3-7-14(12)16/h1,3,5,7,9-11H,2,4,6,8H2,(H2,24,26,27)/b25-16-. The number of hydrogen-bond acceptors (Lipinski definition) is 2. The summed E-state index contributed by atoms with van der Waals surface area (Å²) >= 11 is 11.1. The summed E-state index contributed by atoms with van der Waals surface area (Å²) in [7, 11) is 0. The third-order valence-corrected chi connectivity index (χ3v) is 4.80. The smallest absolute Gasteiger partial charge is 0.330 e. The molecule has 0 amide bonds. The van der Waals surface area contributed by atoms with Crippen LogP contribution in [0.2, 0.25) is 5.02 Å². The first-order valence-corrected chi connectivity index (χ1v) is 9.22. The lowest BCUT2D eigenvalue weighted by molar-refractivity contribution is -0.137. The van der Waals surface area contributed by atoms with Crippen molar-refractivity contribution < 1.29 is 13.2 Å². The number of nitrogens with zero attached hydrogens (tertiary/aromatic N) is 1. The molecule has 2 aromatic rings. The summed E-state index contributed by atoms with van der Waals surface area (Å²) in [5, 5.41) is 7.28. The van der Waals surface area contributed by atoms with Crippen LogP contribution in [0.4, 0.5) is 18.9 Å². The van der Waals surface area contributed by atoms with Gasteiger partial charge in [-0.25, -0.2) is 0 Å². The van der Waals surface area contributed by atoms with Gasteiger partial charge in [0.2, 0.25) is 0 Å². The second kappa shape index (κ2) is 8.27. The molecule has 0 aliphatic heterocycles. The Hall–Kier alpha value is -2.12. The highest BCUT2D eigenvalue weighted by atomic mass is 35.5. The van der Waals surface area contributed by atoms with E-state index in [0.717, 1.165) is 49.1 Å². The van der Waals surface area contributed by atoms with Crippen molar-refractivity contribution in [3.63, 3.8) is 0 Å². The number of aryl methyl sites for hydroxylation is 1. The number of halogens is 4. The van der Waals surface area contributed by atoms with E-state index in [0.29, 0.717) is 0 Å². The van der Waals surface area contributed by atoms with Gasteiger partial charge in [-0.1, -0.05) is 35.9 Å². The Labute approximate surface area is 165 Å². The minimum Gasteiger partial charge on any atom is -0.330 e. The van der Waals surface area contributed by atoms with Gasteiger partial charge >= 0.3 is 6.18 Å². The topological polar surface area (TPSA) is 36.4 Å². The molecular formula is C19H17ClF3N3S. The number of anilines is 1. The van der Waals surface area contributed by atoms with Gasteiger partial charge in [-0.2, -0.15) is 18.3 Å². The van der Waals surface area contributed by atoms with Crippen molar-refractivity contribution in [2.45, 2.75) is 31.9 Å². The molecule has 27 heavy (non-hydrogen) atoms. The summed E-state index contributed by atoms with van der Waals surface area (Å²) in [4.78, 5) is 0. The number of nitrogens with one attached hydrogen (secondary N) is 2. The van der Waals surface area contributed by atoms with Crippen LogP contribution in [-0.4, -0.2) is 10.8 Å². The van der Waals surface area contributed by atoms with Crippen LogP contribution in [0.3, 0.4) is 0 Å². The molecule has 0 unspecified atom stereocenters. The highest BCUT2D eigenvalue weighted by Gasteiger charge is 2.31. The number of fused-ring (bicyclic) bond motifs is 1. The van der Waals surface area contributed by atoms with Crippen LogP contribution in [0.1, 0.15) is 36.0 Å². The van der Waals surface area contributed by atoms with Gasteiger partial charge in [-0.3, -0.25) is 5.43 Å². The molecule has 8 heteroatoms. The van der Waals surface area contributed by atoms with E-state index >= 15 is 0 Å². The first kappa shape index (κ1) is 19.6. The van der Waals surface area contributed by atoms with E-state index in [4.69, 9.17) is 23.8 Å². The van der Waals surface area contributed by atoms with E-state index in [1.165, 1.54) is 11.6 Å². The zero-order valence-corrected chi connectivity index (χ0v) is 15.8. The van der Waals surface area contributed by atoms with Gasteiger partial charge in [0.15, 0.2) is 5.11 Å². The molecule has 3 rings (SSSR count). The second-order valence-electron chi connectivity index (χ2n) is 6.18. The van der Waals surface area contributed by atoms with E-state index in [2.05, 4.69) is 21.9 Å². The fourth-order valence-electron chi connectivity index (χ4n) is 2.94. The van der Waals surface area contributed by atoms with Gasteiger partial charge in [0.25, 0.3) is 0 Å². The van der Waals surface area contributed by atoms with Crippen LogP contribution in [0.25, 0.3) is 0 Å². The minimum absolute atomic E-state index is 0.0745. The molecule has 0 saturated heterocycles. The first-order chi connectivity index (χ1) is 12.8. The lowest BCUT2D eigenvalue weighted by Gasteiger charge is -2.13. The maximum atomic E-state index is 12.9. The molecular weight excluding hydrogens is 395 g/mol. The molecule has 1 aliphatic carbocycles. The summed E-state index contributed by atoms with van der Waals surface area (Å²) in [5.41, 5.74) is 5.17. The van der Waals surface area contributed by atoms with Crippen molar-refractivity contribution >= 4 is 40.3 Å². The highest BCUT2D eigenvalue weighted by Crippen LogP contribution is 2.33. The van der Waals surface area contributed by atoms with Crippen molar-refractivity contribution in [3.8, 4) is 0 Å². The normalized spacial score (nSPS) is 15.8. The van der Waals surface area contributed by atoms with Crippen LogP contribution >= 0.6 is 23.8 Å². The molecule has 142 valence electrons. The summed E-state index contributed by atoms with van der Waals surface area (Å²) in [6.07, 6.45) is -0.567. The quantitative estimate of drug-likeness (QED) is 0.374. The molecule has 0 spiro atoms. The molecule has 2 aromatic carbocycles. The van der Waals surface area contributed by atoms with Crippen molar-refractivity contribution in [2.24, 2.45) is 5.10 Å². The zero-order chi connectivity index (χ0) is 19.4. The van der Waals surface area contributed by atoms with E-state index in [1.807, 2.05) is 18.2 Å². The van der Waals surface area contributed by atoms with Crippen LogP contribution in [0.15, 0.2) is 47.6 Å². The maximum absolute atomic E-state index is 12.9. The lowest BCUT2D eigenvalue weighted by Crippen LogP contribution is -2.26. The Morgan fingerprint density at radius 1 is 1.07 bits per heavy atom. The van der Waals surface area contributed by atoms with Gasteiger partial charge in [0.05, 0.1) is 22.0 Å². The Morgan fingerprint density at radius 3 is 2.59 bits per heavy atom. The molecule has 0 heterocycles. The minimum atomic E-state index is -4.46. The average molecular weight is 412 g/mol. The zero-order valence-electron chi connectivity index (χ0n) is 14.2. The van der Waals surface area contributed by atoms with Gasteiger partial charge in [-0.05, 0) is 61.7 Å². The Bertz CT molecular complexity index is 881. The van der Waals surface area contributed by atoms with E-state index < -0.39 is 11.7 Å². The Balaban J connectivity index is 1.75. The first-order valence-electron chi connectivity index (χ1n) is 8.43. The van der Waals surface area contributed by atoms with E-state index in [9.17, 15) is 13.2 Å². The van der Waals surface area contributed by atoms with Gasteiger partial charge in [0.1, 0.15) is 0 Å². The number of hydrogen-bond donors (Lipinski definition) is 2. The average Bonchev–Trinajstić information content (AvgIpc) is 2.83. The fourth-order valence-corrected chi connectivity index (χ4v) is 3.26. The van der Waals surface area contributed by atoms with Crippen molar-refractivity contribution in [3.05, 3.63) is 64.2 Å². The van der Waals surface area contributed by atoms with E-state index in [1.54, 1.807) is 0 Å². The third-order valence-electron chi connectivity index (χ3n) is 4.27. The number of thiocarbonyl (C=S) groups is 1. The van der Waals surface area contributed by atoms with Gasteiger partial charge in [0, 0.05) is 5.56 Å². The number of hydrazone groups is 1. The SMILES string of the molecule is FC(F)(F)c1ccc(Cl)c(NC(=S)N/N=C2/CCCCc3ccccc32)c1. The summed E-state index contributed by atoms with van der Waals surface area (Å²) in [6.45, 7) is 0. The van der Waals surface area contributed by atoms with Crippen LogP contribution in [0.5, 0.6) is 0 Å². The molecule has 0 saturated carbocycles. The van der Waals surface area contributed by atoms with Gasteiger partial charge < -0.3 is 5.32 Å². The second-order valence-corrected chi connectivity index (χ2v) is 7.00. The van der Waals surface area contributed by atoms with Crippen LogP contribution in [0, 0.1) is 0 Å². The highest BCUT2D eigenvalue weighted by molar-refractivity contribution is 7.80. The fraction of sp³-hybridized carbons (Fsp3) is 0.263. The largest absolute Gasteiger partial charge is 0.416 e. The number of alkyl halides is 3. The molecule has 0 fully saturated rings. The summed E-state index contributed by atoms with van der Waals surface area (Å²) in [6, 6.07) is 11.1. The van der Waals surface area contributed by atoms with Crippen molar-refractivity contribution in [1.82, 2.24) is 5.43 Å². The molecule has 1 aliphatic rings. The molecule has 0 aromatic heterocycles. The number of rotatable bonds is 2. The molecule has 0 radical (unpaired) electrons. The predicted molar refractivity (Wildman–Crippen MR) is 106 cm³/mol.